The zero-order valence-electron chi connectivity index (χ0n) is 11.7. The number of para-hydroxylation sites is 1. The number of fused-ring (bicyclic) bond motifs is 1. The fraction of sp³-hybridized carbons (Fsp3) is 0.312. The Balaban J connectivity index is 1.84. The number of carbonyl (C=O) groups excluding carboxylic acids is 1. The van der Waals surface area contributed by atoms with E-state index < -0.39 is 5.97 Å². The van der Waals surface area contributed by atoms with Crippen molar-refractivity contribution in [3.63, 3.8) is 0 Å². The Kier molecular flexibility index (Phi) is 5.26. The van der Waals surface area contributed by atoms with Gasteiger partial charge in [0.1, 0.15) is 0 Å². The predicted molar refractivity (Wildman–Crippen MR) is 79.9 cm³/mol. The number of pyridine rings is 1. The normalized spacial score (nSPS) is 10.5. The Labute approximate surface area is 123 Å². The summed E-state index contributed by atoms with van der Waals surface area (Å²) in [5.74, 6) is -0.895. The van der Waals surface area contributed by atoms with Gasteiger partial charge >= 0.3 is 5.97 Å². The van der Waals surface area contributed by atoms with E-state index in [1.165, 1.54) is 0 Å². The van der Waals surface area contributed by atoms with Crippen LogP contribution in [0.1, 0.15) is 24.8 Å². The van der Waals surface area contributed by atoms with Crippen LogP contribution in [0.3, 0.4) is 0 Å². The fourth-order valence-corrected chi connectivity index (χ4v) is 2.18. The van der Waals surface area contributed by atoms with Crippen molar-refractivity contribution < 1.29 is 14.7 Å². The van der Waals surface area contributed by atoms with Gasteiger partial charge in [-0.1, -0.05) is 18.2 Å². The van der Waals surface area contributed by atoms with Crippen LogP contribution in [-0.4, -0.2) is 28.5 Å². The number of aliphatic carboxylic acids is 1. The van der Waals surface area contributed by atoms with Crippen LogP contribution in [0.25, 0.3) is 10.9 Å². The Hall–Kier alpha value is -2.43. The summed E-state index contributed by atoms with van der Waals surface area (Å²) in [6, 6.07) is 9.78. The smallest absolute Gasteiger partial charge is 0.303 e. The number of benzene rings is 1. The van der Waals surface area contributed by atoms with Gasteiger partial charge in [0.25, 0.3) is 0 Å². The fourth-order valence-electron chi connectivity index (χ4n) is 2.18. The van der Waals surface area contributed by atoms with Crippen LogP contribution in [0.15, 0.2) is 36.5 Å². The van der Waals surface area contributed by atoms with Crippen molar-refractivity contribution in [2.45, 2.75) is 25.7 Å². The van der Waals surface area contributed by atoms with Crippen molar-refractivity contribution in [1.29, 1.82) is 0 Å². The van der Waals surface area contributed by atoms with Crippen LogP contribution >= 0.6 is 0 Å². The molecule has 0 aliphatic carbocycles. The molecule has 110 valence electrons. The maximum absolute atomic E-state index is 11.7. The maximum Gasteiger partial charge on any atom is 0.303 e. The van der Waals surface area contributed by atoms with Gasteiger partial charge in [-0.3, -0.25) is 14.6 Å². The largest absolute Gasteiger partial charge is 0.481 e. The minimum absolute atomic E-state index is 0.0544. The summed E-state index contributed by atoms with van der Waals surface area (Å²) in [7, 11) is 0. The first-order chi connectivity index (χ1) is 10.2. The van der Waals surface area contributed by atoms with Crippen molar-refractivity contribution >= 4 is 22.8 Å². The van der Waals surface area contributed by atoms with Crippen molar-refractivity contribution in [3.05, 3.63) is 42.1 Å². The van der Waals surface area contributed by atoms with Crippen LogP contribution in [0.5, 0.6) is 0 Å². The van der Waals surface area contributed by atoms with Gasteiger partial charge in [0, 0.05) is 31.0 Å². The topological polar surface area (TPSA) is 79.3 Å². The minimum Gasteiger partial charge on any atom is -0.481 e. The standard InChI is InChI=1S/C16H18N2O3/c19-15(18-10-3-6-16(20)21)8-7-12-9-11-17-14-5-2-1-4-13(12)14/h1-2,4-5,9,11H,3,6-8,10H2,(H,18,19)(H,20,21). The van der Waals surface area contributed by atoms with Crippen LogP contribution < -0.4 is 5.32 Å². The zero-order valence-corrected chi connectivity index (χ0v) is 11.7. The van der Waals surface area contributed by atoms with Gasteiger partial charge < -0.3 is 10.4 Å². The number of hydrogen-bond acceptors (Lipinski definition) is 3. The molecule has 2 rings (SSSR count). The van der Waals surface area contributed by atoms with Gasteiger partial charge in [-0.2, -0.15) is 0 Å². The summed E-state index contributed by atoms with van der Waals surface area (Å²) in [5.41, 5.74) is 2.03. The second-order valence-corrected chi connectivity index (χ2v) is 4.83. The van der Waals surface area contributed by atoms with Gasteiger partial charge in [0.15, 0.2) is 0 Å². The van der Waals surface area contributed by atoms with E-state index in [1.54, 1.807) is 6.20 Å². The van der Waals surface area contributed by atoms with Crippen LogP contribution in [0, 0.1) is 0 Å². The SMILES string of the molecule is O=C(O)CCCNC(=O)CCc1ccnc2ccccc12. The Morgan fingerprint density at radius 3 is 2.76 bits per heavy atom. The van der Waals surface area contributed by atoms with Gasteiger partial charge in [-0.05, 0) is 30.5 Å². The van der Waals surface area contributed by atoms with Crippen molar-refractivity contribution in [2.75, 3.05) is 6.54 Å². The average molecular weight is 286 g/mol. The highest BCUT2D eigenvalue weighted by Crippen LogP contribution is 2.17. The zero-order chi connectivity index (χ0) is 15.1. The Morgan fingerprint density at radius 1 is 1.14 bits per heavy atom. The molecular formula is C16H18N2O3. The van der Waals surface area contributed by atoms with Gasteiger partial charge in [0.05, 0.1) is 5.52 Å². The van der Waals surface area contributed by atoms with E-state index in [-0.39, 0.29) is 12.3 Å². The molecular weight excluding hydrogens is 268 g/mol. The van der Waals surface area contributed by atoms with E-state index >= 15 is 0 Å². The molecule has 0 atom stereocenters. The number of hydrogen-bond donors (Lipinski definition) is 2. The molecule has 0 aliphatic rings. The Bertz CT molecular complexity index is 635. The number of amides is 1. The van der Waals surface area contributed by atoms with E-state index in [2.05, 4.69) is 10.3 Å². The molecule has 0 spiro atoms. The number of carboxylic acid groups (broad SMARTS) is 1. The van der Waals surface area contributed by atoms with Crippen LogP contribution in [0.4, 0.5) is 0 Å². The van der Waals surface area contributed by atoms with E-state index in [0.717, 1.165) is 16.5 Å². The number of nitrogens with zero attached hydrogens (tertiary/aromatic N) is 1. The first kappa shape index (κ1) is 15.0. The lowest BCUT2D eigenvalue weighted by molar-refractivity contribution is -0.137. The summed E-state index contributed by atoms with van der Waals surface area (Å²) in [6.45, 7) is 0.405. The summed E-state index contributed by atoms with van der Waals surface area (Å²) in [5, 5.41) is 12.3. The van der Waals surface area contributed by atoms with Crippen molar-refractivity contribution in [3.8, 4) is 0 Å². The summed E-state index contributed by atoms with van der Waals surface area (Å²) in [6.07, 6.45) is 3.33. The minimum atomic E-state index is -0.840. The Morgan fingerprint density at radius 2 is 1.95 bits per heavy atom. The molecule has 1 aromatic heterocycles. The van der Waals surface area contributed by atoms with Crippen LogP contribution in [0.2, 0.25) is 0 Å². The van der Waals surface area contributed by atoms with Gasteiger partial charge in [0.2, 0.25) is 5.91 Å². The molecule has 5 nitrogen and oxygen atoms in total. The van der Waals surface area contributed by atoms with Crippen molar-refractivity contribution in [2.24, 2.45) is 0 Å². The van der Waals surface area contributed by atoms with Crippen molar-refractivity contribution in [1.82, 2.24) is 10.3 Å². The molecule has 2 aromatic rings. The molecule has 1 aromatic carbocycles. The van der Waals surface area contributed by atoms with E-state index in [4.69, 9.17) is 5.11 Å². The number of carbonyl (C=O) groups is 2. The van der Waals surface area contributed by atoms with Crippen LogP contribution in [-0.2, 0) is 16.0 Å². The molecule has 0 aliphatic heterocycles. The monoisotopic (exact) mass is 286 g/mol. The predicted octanol–water partition coefficient (Wildman–Crippen LogP) is 2.15. The molecule has 0 unspecified atom stereocenters. The number of aryl methyl sites for hydroxylation is 1. The highest BCUT2D eigenvalue weighted by atomic mass is 16.4. The second kappa shape index (κ2) is 7.38. The number of rotatable bonds is 7. The number of carboxylic acids is 1. The molecule has 0 saturated carbocycles. The third-order valence-corrected chi connectivity index (χ3v) is 3.25. The van der Waals surface area contributed by atoms with Gasteiger partial charge in [-0.15, -0.1) is 0 Å². The summed E-state index contributed by atoms with van der Waals surface area (Å²) in [4.78, 5) is 26.4. The van der Waals surface area contributed by atoms with E-state index in [9.17, 15) is 9.59 Å². The lowest BCUT2D eigenvalue weighted by Crippen LogP contribution is -2.25. The highest BCUT2D eigenvalue weighted by Gasteiger charge is 2.05. The molecule has 0 fully saturated rings. The van der Waals surface area contributed by atoms with Gasteiger partial charge in [-0.25, -0.2) is 0 Å². The summed E-state index contributed by atoms with van der Waals surface area (Å²) < 4.78 is 0. The molecule has 1 heterocycles. The molecule has 0 saturated heterocycles. The van der Waals surface area contributed by atoms with E-state index in [1.807, 2.05) is 30.3 Å². The third-order valence-electron chi connectivity index (χ3n) is 3.25. The van der Waals surface area contributed by atoms with E-state index in [0.29, 0.717) is 25.8 Å². The molecule has 0 radical (unpaired) electrons. The third kappa shape index (κ3) is 4.56. The lowest BCUT2D eigenvalue weighted by Gasteiger charge is -2.07. The highest BCUT2D eigenvalue weighted by molar-refractivity contribution is 5.83. The summed E-state index contributed by atoms with van der Waals surface area (Å²) >= 11 is 0. The molecule has 1 amide bonds. The molecule has 5 heteroatoms. The first-order valence-corrected chi connectivity index (χ1v) is 6.98. The quantitative estimate of drug-likeness (QED) is 0.764. The molecule has 0 bridgehead atoms. The number of nitrogens with one attached hydrogen (secondary N) is 1. The maximum atomic E-state index is 11.7. The second-order valence-electron chi connectivity index (χ2n) is 4.83. The average Bonchev–Trinajstić information content (AvgIpc) is 2.49. The number of aromatic nitrogens is 1. The molecule has 21 heavy (non-hydrogen) atoms. The first-order valence-electron chi connectivity index (χ1n) is 6.98. The lowest BCUT2D eigenvalue weighted by atomic mass is 10.0. The molecule has 2 N–H and O–H groups in total.